The van der Waals surface area contributed by atoms with Crippen LogP contribution in [0.5, 0.6) is 0 Å². The second-order valence-corrected chi connectivity index (χ2v) is 13.9. The molecule has 0 N–H and O–H groups in total. The molecule has 2 aromatic heterocycles. The summed E-state index contributed by atoms with van der Waals surface area (Å²) in [5.41, 5.74) is 13.4. The molecule has 1 aliphatic heterocycles. The second kappa shape index (κ2) is 11.8. The average molecular weight is 659 g/mol. The SMILES string of the molecule is c1ccc(-c2nc(-c3ccccc3)nc(-c3cccc(-c4ccc(N5C6=C(Cc7ccccc76)Cc6c5sc5ccccc65)cc4)c3)n2)cc1. The zero-order chi connectivity index (χ0) is 33.0. The predicted molar refractivity (Wildman–Crippen MR) is 206 cm³/mol. The van der Waals surface area contributed by atoms with Crippen LogP contribution < -0.4 is 4.90 Å². The molecule has 0 radical (unpaired) electrons. The molecule has 3 heterocycles. The van der Waals surface area contributed by atoms with Crippen LogP contribution in [-0.2, 0) is 12.8 Å². The van der Waals surface area contributed by atoms with Crippen LogP contribution in [0.25, 0.3) is 61.1 Å². The van der Waals surface area contributed by atoms with Gasteiger partial charge in [0.1, 0.15) is 5.00 Å². The van der Waals surface area contributed by atoms with Crippen LogP contribution in [0.2, 0.25) is 0 Å². The summed E-state index contributed by atoms with van der Waals surface area (Å²) in [6.45, 7) is 0. The maximum Gasteiger partial charge on any atom is 0.164 e. The molecule has 0 amide bonds. The van der Waals surface area contributed by atoms with Crippen molar-refractivity contribution in [3.05, 3.63) is 180 Å². The highest BCUT2D eigenvalue weighted by Gasteiger charge is 2.35. The van der Waals surface area contributed by atoms with Gasteiger partial charge in [0.15, 0.2) is 17.5 Å². The Balaban J connectivity index is 1.05. The van der Waals surface area contributed by atoms with E-state index in [0.29, 0.717) is 17.5 Å². The smallest absolute Gasteiger partial charge is 0.164 e. The number of benzene rings is 6. The van der Waals surface area contributed by atoms with E-state index in [1.54, 1.807) is 0 Å². The fourth-order valence-corrected chi connectivity index (χ4v) is 8.66. The molecule has 0 unspecified atom stereocenters. The van der Waals surface area contributed by atoms with Gasteiger partial charge in [0.05, 0.1) is 5.70 Å². The third-order valence-corrected chi connectivity index (χ3v) is 11.0. The maximum absolute atomic E-state index is 4.97. The summed E-state index contributed by atoms with van der Waals surface area (Å²) >= 11 is 1.90. The summed E-state index contributed by atoms with van der Waals surface area (Å²) in [4.78, 5) is 17.3. The topological polar surface area (TPSA) is 41.9 Å². The highest BCUT2D eigenvalue weighted by Crippen LogP contribution is 2.53. The van der Waals surface area contributed by atoms with Crippen molar-refractivity contribution in [1.82, 2.24) is 15.0 Å². The van der Waals surface area contributed by atoms with Crippen LogP contribution in [0.15, 0.2) is 163 Å². The van der Waals surface area contributed by atoms with Crippen LogP contribution >= 0.6 is 11.3 Å². The number of allylic oxidation sites excluding steroid dienone is 1. The lowest BCUT2D eigenvalue weighted by atomic mass is 9.96. The Morgan fingerprint density at radius 1 is 0.480 bits per heavy atom. The van der Waals surface area contributed by atoms with E-state index in [1.807, 2.05) is 72.0 Å². The summed E-state index contributed by atoms with van der Waals surface area (Å²) in [6.07, 6.45) is 2.01. The quantitative estimate of drug-likeness (QED) is 0.185. The Hall–Kier alpha value is -6.17. The number of nitrogens with zero attached hydrogens (tertiary/aromatic N) is 4. The highest BCUT2D eigenvalue weighted by molar-refractivity contribution is 7.23. The molecular weight excluding hydrogens is 629 g/mol. The lowest BCUT2D eigenvalue weighted by Crippen LogP contribution is -2.20. The third kappa shape index (κ3) is 4.86. The molecule has 0 bridgehead atoms. The van der Waals surface area contributed by atoms with Gasteiger partial charge in [-0.1, -0.05) is 133 Å². The van der Waals surface area contributed by atoms with E-state index in [0.717, 1.165) is 40.7 Å². The Labute approximate surface area is 294 Å². The van der Waals surface area contributed by atoms with Gasteiger partial charge in [-0.2, -0.15) is 0 Å². The second-order valence-electron chi connectivity index (χ2n) is 12.8. The third-order valence-electron chi connectivity index (χ3n) is 9.78. The minimum Gasteiger partial charge on any atom is -0.301 e. The number of hydrogen-bond acceptors (Lipinski definition) is 5. The Kier molecular flexibility index (Phi) is 6.78. The number of aromatic nitrogens is 3. The molecule has 1 aliphatic carbocycles. The van der Waals surface area contributed by atoms with Gasteiger partial charge in [0.25, 0.3) is 0 Å². The number of thiophene rings is 1. The van der Waals surface area contributed by atoms with Gasteiger partial charge in [0, 0.05) is 32.6 Å². The van der Waals surface area contributed by atoms with Crippen LogP contribution in [0.1, 0.15) is 16.7 Å². The van der Waals surface area contributed by atoms with Gasteiger partial charge in [-0.3, -0.25) is 0 Å². The van der Waals surface area contributed by atoms with Crippen molar-refractivity contribution >= 4 is 37.8 Å². The Morgan fingerprint density at radius 3 is 1.82 bits per heavy atom. The van der Waals surface area contributed by atoms with E-state index in [1.165, 1.54) is 48.7 Å². The summed E-state index contributed by atoms with van der Waals surface area (Å²) < 4.78 is 1.34. The lowest BCUT2D eigenvalue weighted by Gasteiger charge is -2.32. The van der Waals surface area contributed by atoms with Crippen molar-refractivity contribution in [3.8, 4) is 45.3 Å². The number of hydrogen-bond donors (Lipinski definition) is 0. The first kappa shape index (κ1) is 28.8. The van der Waals surface area contributed by atoms with Gasteiger partial charge >= 0.3 is 0 Å². The van der Waals surface area contributed by atoms with Crippen LogP contribution in [0, 0.1) is 0 Å². The average Bonchev–Trinajstić information content (AvgIpc) is 3.76. The fourth-order valence-electron chi connectivity index (χ4n) is 7.41. The van der Waals surface area contributed by atoms with Gasteiger partial charge in [0.2, 0.25) is 0 Å². The Morgan fingerprint density at radius 2 is 1.08 bits per heavy atom. The molecule has 0 saturated carbocycles. The molecule has 4 nitrogen and oxygen atoms in total. The van der Waals surface area contributed by atoms with Crippen molar-refractivity contribution in [3.63, 3.8) is 0 Å². The first-order chi connectivity index (χ1) is 24.8. The summed E-state index contributed by atoms with van der Waals surface area (Å²) in [6, 6.07) is 55.5. The first-order valence-corrected chi connectivity index (χ1v) is 17.8. The lowest BCUT2D eigenvalue weighted by molar-refractivity contribution is 1.05. The maximum atomic E-state index is 4.97. The Bertz CT molecular complexity index is 2530. The number of rotatable bonds is 5. The fraction of sp³-hybridized carbons (Fsp3) is 0.0444. The van der Waals surface area contributed by atoms with Crippen LogP contribution in [0.3, 0.4) is 0 Å². The molecule has 236 valence electrons. The molecule has 8 aromatic rings. The van der Waals surface area contributed by atoms with Crippen LogP contribution in [0.4, 0.5) is 10.7 Å². The largest absolute Gasteiger partial charge is 0.301 e. The standard InChI is InChI=1S/C45H30N4S/c1-3-12-30(13-4-1)42-46-43(31-14-5-2-6-15-31)48-44(47-42)34-18-11-17-32(26-34)29-22-24-36(25-23-29)49-41-35(27-33-16-7-8-19-37(33)41)28-39-38-20-9-10-21-40(38)50-45(39)49/h1-26H,27-28H2. The van der Waals surface area contributed by atoms with E-state index < -0.39 is 0 Å². The van der Waals surface area contributed by atoms with Crippen molar-refractivity contribution < 1.29 is 0 Å². The molecular formula is C45H30N4S. The molecule has 10 rings (SSSR count). The number of anilines is 2. The molecule has 0 atom stereocenters. The van der Waals surface area contributed by atoms with E-state index in [4.69, 9.17) is 15.0 Å². The normalized spacial score (nSPS) is 13.3. The number of fused-ring (bicyclic) bond motifs is 5. The zero-order valence-corrected chi connectivity index (χ0v) is 27.9. The van der Waals surface area contributed by atoms with Crippen molar-refractivity contribution in [2.24, 2.45) is 0 Å². The summed E-state index contributed by atoms with van der Waals surface area (Å²) in [5.74, 6) is 1.98. The van der Waals surface area contributed by atoms with E-state index in [2.05, 4.69) is 102 Å². The van der Waals surface area contributed by atoms with Gasteiger partial charge in [-0.15, -0.1) is 11.3 Å². The minimum absolute atomic E-state index is 0.654. The van der Waals surface area contributed by atoms with E-state index in [-0.39, 0.29) is 0 Å². The molecule has 0 fully saturated rings. The monoisotopic (exact) mass is 658 g/mol. The summed E-state index contributed by atoms with van der Waals surface area (Å²) in [7, 11) is 0. The van der Waals surface area contributed by atoms with Gasteiger partial charge in [-0.05, 0) is 70.3 Å². The van der Waals surface area contributed by atoms with Crippen molar-refractivity contribution in [2.45, 2.75) is 12.8 Å². The first-order valence-electron chi connectivity index (χ1n) is 17.0. The molecule has 6 aromatic carbocycles. The van der Waals surface area contributed by atoms with E-state index >= 15 is 0 Å². The van der Waals surface area contributed by atoms with E-state index in [9.17, 15) is 0 Å². The molecule has 0 spiro atoms. The molecule has 5 heteroatoms. The van der Waals surface area contributed by atoms with Crippen LogP contribution in [-0.4, -0.2) is 15.0 Å². The van der Waals surface area contributed by atoms with Gasteiger partial charge in [-0.25, -0.2) is 15.0 Å². The summed E-state index contributed by atoms with van der Waals surface area (Å²) in [5, 5.41) is 2.70. The predicted octanol–water partition coefficient (Wildman–Crippen LogP) is 11.4. The molecule has 2 aliphatic rings. The zero-order valence-electron chi connectivity index (χ0n) is 27.1. The molecule has 0 saturated heterocycles. The van der Waals surface area contributed by atoms with Crippen molar-refractivity contribution in [2.75, 3.05) is 4.90 Å². The van der Waals surface area contributed by atoms with Gasteiger partial charge < -0.3 is 4.90 Å². The van der Waals surface area contributed by atoms with Crippen molar-refractivity contribution in [1.29, 1.82) is 0 Å². The highest BCUT2D eigenvalue weighted by atomic mass is 32.1. The minimum atomic E-state index is 0.654. The molecule has 50 heavy (non-hydrogen) atoms.